The SMILES string of the molecule is O=C(O)c1ncccc1NC(=O)c1cc(Cl)cn1C1CC1. The number of carbonyl (C=O) groups is 2. The zero-order valence-electron chi connectivity index (χ0n) is 10.9. The largest absolute Gasteiger partial charge is 0.476 e. The molecule has 2 aromatic rings. The Hall–Kier alpha value is -2.34. The molecule has 0 unspecified atom stereocenters. The molecule has 0 spiro atoms. The van der Waals surface area contributed by atoms with Crippen LogP contribution in [0.5, 0.6) is 0 Å². The van der Waals surface area contributed by atoms with Crippen molar-refractivity contribution >= 4 is 29.2 Å². The first kappa shape index (κ1) is 13.6. The Balaban J connectivity index is 1.89. The van der Waals surface area contributed by atoms with Gasteiger partial charge in [0.15, 0.2) is 5.69 Å². The first-order valence-corrected chi connectivity index (χ1v) is 6.81. The van der Waals surface area contributed by atoms with Crippen molar-refractivity contribution in [2.45, 2.75) is 18.9 Å². The van der Waals surface area contributed by atoms with Gasteiger partial charge in [-0.1, -0.05) is 11.6 Å². The van der Waals surface area contributed by atoms with Gasteiger partial charge >= 0.3 is 5.97 Å². The van der Waals surface area contributed by atoms with E-state index in [2.05, 4.69) is 10.3 Å². The molecule has 0 aromatic carbocycles. The summed E-state index contributed by atoms with van der Waals surface area (Å²) in [5, 5.41) is 12.1. The number of aromatic nitrogens is 2. The van der Waals surface area contributed by atoms with Crippen LogP contribution in [0, 0.1) is 0 Å². The van der Waals surface area contributed by atoms with E-state index in [-0.39, 0.29) is 11.4 Å². The summed E-state index contributed by atoms with van der Waals surface area (Å²) in [6.45, 7) is 0. The number of anilines is 1. The number of nitrogens with one attached hydrogen (secondary N) is 1. The van der Waals surface area contributed by atoms with Gasteiger partial charge in [0, 0.05) is 18.4 Å². The Morgan fingerprint density at radius 1 is 1.43 bits per heavy atom. The van der Waals surface area contributed by atoms with Gasteiger partial charge < -0.3 is 15.0 Å². The number of aromatic carboxylic acids is 1. The van der Waals surface area contributed by atoms with Crippen LogP contribution >= 0.6 is 11.6 Å². The van der Waals surface area contributed by atoms with Crippen molar-refractivity contribution in [3.63, 3.8) is 0 Å². The minimum Gasteiger partial charge on any atom is -0.476 e. The maximum atomic E-state index is 12.3. The van der Waals surface area contributed by atoms with Gasteiger partial charge in [0.2, 0.25) is 0 Å². The second-order valence-electron chi connectivity index (χ2n) is 4.84. The quantitative estimate of drug-likeness (QED) is 0.909. The topological polar surface area (TPSA) is 84.2 Å². The van der Waals surface area contributed by atoms with E-state index in [0.29, 0.717) is 16.8 Å². The van der Waals surface area contributed by atoms with Crippen molar-refractivity contribution in [3.05, 3.63) is 47.0 Å². The van der Waals surface area contributed by atoms with Crippen LogP contribution in [-0.4, -0.2) is 26.5 Å². The lowest BCUT2D eigenvalue weighted by Crippen LogP contribution is -2.18. The van der Waals surface area contributed by atoms with Gasteiger partial charge in [0.05, 0.1) is 10.7 Å². The first-order chi connectivity index (χ1) is 10.1. The molecule has 1 fully saturated rings. The van der Waals surface area contributed by atoms with E-state index in [9.17, 15) is 9.59 Å². The Labute approximate surface area is 125 Å². The molecule has 0 bridgehead atoms. The summed E-state index contributed by atoms with van der Waals surface area (Å²) < 4.78 is 1.83. The van der Waals surface area contributed by atoms with Crippen LogP contribution in [0.1, 0.15) is 39.9 Å². The molecule has 3 rings (SSSR count). The Kier molecular flexibility index (Phi) is 3.39. The number of carboxylic acid groups (broad SMARTS) is 1. The Morgan fingerprint density at radius 3 is 2.86 bits per heavy atom. The van der Waals surface area contributed by atoms with E-state index >= 15 is 0 Å². The molecule has 1 saturated carbocycles. The van der Waals surface area contributed by atoms with Crippen molar-refractivity contribution < 1.29 is 14.7 Å². The molecular weight excluding hydrogens is 294 g/mol. The van der Waals surface area contributed by atoms with Gasteiger partial charge in [-0.15, -0.1) is 0 Å². The Morgan fingerprint density at radius 2 is 2.19 bits per heavy atom. The molecule has 0 saturated heterocycles. The Bertz CT molecular complexity index is 722. The molecule has 2 N–H and O–H groups in total. The molecule has 7 heteroatoms. The minimum atomic E-state index is -1.19. The van der Waals surface area contributed by atoms with E-state index in [1.165, 1.54) is 12.3 Å². The zero-order chi connectivity index (χ0) is 15.0. The van der Waals surface area contributed by atoms with Crippen LogP contribution in [0.2, 0.25) is 5.02 Å². The highest BCUT2D eigenvalue weighted by molar-refractivity contribution is 6.31. The van der Waals surface area contributed by atoms with Crippen molar-refractivity contribution in [2.75, 3.05) is 5.32 Å². The van der Waals surface area contributed by atoms with Gasteiger partial charge in [-0.25, -0.2) is 9.78 Å². The fourth-order valence-corrected chi connectivity index (χ4v) is 2.35. The molecule has 2 aromatic heterocycles. The van der Waals surface area contributed by atoms with Crippen LogP contribution in [0.4, 0.5) is 5.69 Å². The third-order valence-corrected chi connectivity index (χ3v) is 3.45. The summed E-state index contributed by atoms with van der Waals surface area (Å²) in [7, 11) is 0. The number of carbonyl (C=O) groups excluding carboxylic acids is 1. The van der Waals surface area contributed by atoms with Crippen LogP contribution < -0.4 is 5.32 Å². The van der Waals surface area contributed by atoms with Gasteiger partial charge in [-0.3, -0.25) is 4.79 Å². The highest BCUT2D eigenvalue weighted by Crippen LogP contribution is 2.37. The maximum Gasteiger partial charge on any atom is 0.356 e. The summed E-state index contributed by atoms with van der Waals surface area (Å²) in [4.78, 5) is 27.2. The number of rotatable bonds is 4. The number of hydrogen-bond acceptors (Lipinski definition) is 3. The normalized spacial score (nSPS) is 14.0. The lowest BCUT2D eigenvalue weighted by Gasteiger charge is -2.09. The number of carboxylic acids is 1. The molecule has 2 heterocycles. The fraction of sp³-hybridized carbons (Fsp3) is 0.214. The second kappa shape index (κ2) is 5.21. The predicted octanol–water partition coefficient (Wildman–Crippen LogP) is 2.82. The molecule has 108 valence electrons. The van der Waals surface area contributed by atoms with Crippen LogP contribution in [0.15, 0.2) is 30.6 Å². The number of nitrogens with zero attached hydrogens (tertiary/aromatic N) is 2. The van der Waals surface area contributed by atoms with Gasteiger partial charge in [0.25, 0.3) is 5.91 Å². The first-order valence-electron chi connectivity index (χ1n) is 6.43. The van der Waals surface area contributed by atoms with Crippen molar-refractivity contribution in [3.8, 4) is 0 Å². The monoisotopic (exact) mass is 305 g/mol. The van der Waals surface area contributed by atoms with E-state index in [0.717, 1.165) is 12.8 Å². The molecule has 0 aliphatic heterocycles. The average Bonchev–Trinajstić information content (AvgIpc) is 3.21. The van der Waals surface area contributed by atoms with Crippen LogP contribution in [-0.2, 0) is 0 Å². The lowest BCUT2D eigenvalue weighted by molar-refractivity contribution is 0.0692. The van der Waals surface area contributed by atoms with E-state index < -0.39 is 11.9 Å². The molecule has 6 nitrogen and oxygen atoms in total. The lowest BCUT2D eigenvalue weighted by atomic mass is 10.2. The van der Waals surface area contributed by atoms with Gasteiger partial charge in [-0.05, 0) is 31.0 Å². The maximum absolute atomic E-state index is 12.3. The third-order valence-electron chi connectivity index (χ3n) is 3.25. The van der Waals surface area contributed by atoms with E-state index in [1.54, 1.807) is 18.3 Å². The number of hydrogen-bond donors (Lipinski definition) is 2. The summed E-state index contributed by atoms with van der Waals surface area (Å²) in [6.07, 6.45) is 5.11. The molecular formula is C14H12ClN3O3. The van der Waals surface area contributed by atoms with Crippen LogP contribution in [0.3, 0.4) is 0 Å². The highest BCUT2D eigenvalue weighted by atomic mass is 35.5. The molecule has 1 amide bonds. The fourth-order valence-electron chi connectivity index (χ4n) is 2.15. The highest BCUT2D eigenvalue weighted by Gasteiger charge is 2.28. The average molecular weight is 306 g/mol. The van der Waals surface area contributed by atoms with Gasteiger partial charge in [0.1, 0.15) is 5.69 Å². The molecule has 0 atom stereocenters. The zero-order valence-corrected chi connectivity index (χ0v) is 11.7. The molecule has 1 aliphatic carbocycles. The summed E-state index contributed by atoms with van der Waals surface area (Å²) in [6, 6.07) is 4.94. The van der Waals surface area contributed by atoms with Crippen molar-refractivity contribution in [1.29, 1.82) is 0 Å². The standard InChI is InChI=1S/C14H12ClN3O3/c15-8-6-11(18(7-8)9-3-4-9)13(19)17-10-2-1-5-16-12(10)14(20)21/h1-2,5-7,9H,3-4H2,(H,17,19)(H,20,21). The van der Waals surface area contributed by atoms with Gasteiger partial charge in [-0.2, -0.15) is 0 Å². The number of pyridine rings is 1. The summed E-state index contributed by atoms with van der Waals surface area (Å²) in [5.74, 6) is -1.59. The second-order valence-corrected chi connectivity index (χ2v) is 5.28. The van der Waals surface area contributed by atoms with Crippen LogP contribution in [0.25, 0.3) is 0 Å². The minimum absolute atomic E-state index is 0.162. The molecule has 0 radical (unpaired) electrons. The van der Waals surface area contributed by atoms with Crippen molar-refractivity contribution in [1.82, 2.24) is 9.55 Å². The smallest absolute Gasteiger partial charge is 0.356 e. The summed E-state index contributed by atoms with van der Waals surface area (Å²) in [5.41, 5.74) is 0.388. The molecule has 21 heavy (non-hydrogen) atoms. The third kappa shape index (κ3) is 2.75. The van der Waals surface area contributed by atoms with E-state index in [1.807, 2.05) is 4.57 Å². The molecule has 1 aliphatic rings. The number of amides is 1. The van der Waals surface area contributed by atoms with E-state index in [4.69, 9.17) is 16.7 Å². The predicted molar refractivity (Wildman–Crippen MR) is 76.9 cm³/mol. The van der Waals surface area contributed by atoms with Crippen molar-refractivity contribution in [2.24, 2.45) is 0 Å². The number of halogens is 1. The summed E-state index contributed by atoms with van der Waals surface area (Å²) >= 11 is 5.96.